The minimum absolute atomic E-state index is 0.0389. The van der Waals surface area contributed by atoms with E-state index in [1.165, 1.54) is 0 Å². The van der Waals surface area contributed by atoms with Crippen molar-refractivity contribution in [1.29, 1.82) is 0 Å². The van der Waals surface area contributed by atoms with Crippen LogP contribution in [0.25, 0.3) is 0 Å². The number of alkyl halides is 1. The molecule has 0 saturated heterocycles. The minimum atomic E-state index is 0.0389. The molecule has 1 unspecified atom stereocenters. The molecule has 0 radical (unpaired) electrons. The normalized spacial score (nSPS) is 13.2. The molecule has 0 fully saturated rings. The van der Waals surface area contributed by atoms with E-state index in [0.717, 1.165) is 29.1 Å². The van der Waals surface area contributed by atoms with Gasteiger partial charge in [0, 0.05) is 23.5 Å². The van der Waals surface area contributed by atoms with Crippen molar-refractivity contribution in [2.75, 3.05) is 0 Å². The van der Waals surface area contributed by atoms with E-state index in [-0.39, 0.29) is 5.38 Å². The van der Waals surface area contributed by atoms with Crippen molar-refractivity contribution in [2.24, 2.45) is 0 Å². The highest BCUT2D eigenvalue weighted by Crippen LogP contribution is 2.29. The summed E-state index contributed by atoms with van der Waals surface area (Å²) in [6.45, 7) is 11.1. The van der Waals surface area contributed by atoms with Gasteiger partial charge in [-0.3, -0.25) is 9.36 Å². The fourth-order valence-corrected chi connectivity index (χ4v) is 2.74. The molecule has 0 aliphatic carbocycles. The lowest BCUT2D eigenvalue weighted by Gasteiger charge is -2.08. The van der Waals surface area contributed by atoms with E-state index in [2.05, 4.69) is 37.9 Å². The zero-order valence-corrected chi connectivity index (χ0v) is 13.6. The van der Waals surface area contributed by atoms with Crippen LogP contribution in [0.5, 0.6) is 0 Å². The Morgan fingerprint density at radius 3 is 2.50 bits per heavy atom. The number of nitrogens with zero attached hydrogens (tertiary/aromatic N) is 4. The second-order valence-electron chi connectivity index (χ2n) is 5.50. The summed E-state index contributed by atoms with van der Waals surface area (Å²) < 4.78 is 3.97. The maximum Gasteiger partial charge on any atom is 0.0853 e. The summed E-state index contributed by atoms with van der Waals surface area (Å²) in [6.07, 6.45) is 2.93. The van der Waals surface area contributed by atoms with Gasteiger partial charge in [-0.2, -0.15) is 10.2 Å². The third kappa shape index (κ3) is 2.90. The molecule has 2 heterocycles. The average molecular weight is 295 g/mol. The third-order valence-corrected chi connectivity index (χ3v) is 4.14. The van der Waals surface area contributed by atoms with Crippen LogP contribution in [0, 0.1) is 13.8 Å². The number of aryl methyl sites for hydroxylation is 1. The number of hydrogen-bond donors (Lipinski definition) is 0. The van der Waals surface area contributed by atoms with Gasteiger partial charge >= 0.3 is 0 Å². The van der Waals surface area contributed by atoms with Gasteiger partial charge in [0.25, 0.3) is 0 Å². The SMILES string of the molecule is CCC(Cl)c1c(C)nn(Cc2ccn(C(C)C)n2)c1C. The standard InChI is InChI=1S/C15H23ClN4/c1-6-14(16)15-11(4)17-20(12(15)5)9-13-7-8-19(18-13)10(2)3/h7-8,10,14H,6,9H2,1-5H3. The molecule has 5 heteroatoms. The first-order valence-corrected chi connectivity index (χ1v) is 7.59. The molecule has 0 amide bonds. The molecule has 4 nitrogen and oxygen atoms in total. The van der Waals surface area contributed by atoms with Gasteiger partial charge in [0.2, 0.25) is 0 Å². The van der Waals surface area contributed by atoms with Gasteiger partial charge in [0.1, 0.15) is 0 Å². The van der Waals surface area contributed by atoms with Gasteiger partial charge in [-0.15, -0.1) is 11.6 Å². The first kappa shape index (κ1) is 15.1. The Labute approximate surface area is 125 Å². The predicted molar refractivity (Wildman–Crippen MR) is 82.3 cm³/mol. The van der Waals surface area contributed by atoms with Crippen LogP contribution >= 0.6 is 11.6 Å². The Bertz CT molecular complexity index is 583. The Balaban J connectivity index is 2.25. The van der Waals surface area contributed by atoms with Crippen molar-refractivity contribution in [3.8, 4) is 0 Å². The number of rotatable bonds is 5. The molecule has 2 aromatic heterocycles. The lowest BCUT2D eigenvalue weighted by Crippen LogP contribution is -2.07. The van der Waals surface area contributed by atoms with Gasteiger partial charge in [0.15, 0.2) is 0 Å². The van der Waals surface area contributed by atoms with E-state index in [1.807, 2.05) is 28.6 Å². The van der Waals surface area contributed by atoms with Crippen LogP contribution in [0.2, 0.25) is 0 Å². The predicted octanol–water partition coefficient (Wildman–Crippen LogP) is 4.02. The molecular weight excluding hydrogens is 272 g/mol. The van der Waals surface area contributed by atoms with E-state index < -0.39 is 0 Å². The Morgan fingerprint density at radius 2 is 1.95 bits per heavy atom. The summed E-state index contributed by atoms with van der Waals surface area (Å²) in [4.78, 5) is 0. The lowest BCUT2D eigenvalue weighted by molar-refractivity contribution is 0.519. The number of aromatic nitrogens is 4. The topological polar surface area (TPSA) is 35.6 Å². The largest absolute Gasteiger partial charge is 0.270 e. The number of hydrogen-bond acceptors (Lipinski definition) is 2. The molecule has 0 bridgehead atoms. The summed E-state index contributed by atoms with van der Waals surface area (Å²) >= 11 is 6.39. The second-order valence-corrected chi connectivity index (χ2v) is 6.03. The van der Waals surface area contributed by atoms with Gasteiger partial charge in [-0.25, -0.2) is 0 Å². The van der Waals surface area contributed by atoms with Crippen molar-refractivity contribution in [2.45, 2.75) is 59.0 Å². The first-order chi connectivity index (χ1) is 9.43. The van der Waals surface area contributed by atoms with Crippen LogP contribution in [-0.2, 0) is 6.54 Å². The number of halogens is 1. The molecule has 1 atom stereocenters. The second kappa shape index (κ2) is 6.00. The van der Waals surface area contributed by atoms with Gasteiger partial charge in [0.05, 0.1) is 23.3 Å². The fraction of sp³-hybridized carbons (Fsp3) is 0.600. The van der Waals surface area contributed by atoms with Crippen molar-refractivity contribution in [3.63, 3.8) is 0 Å². The molecule has 20 heavy (non-hydrogen) atoms. The van der Waals surface area contributed by atoms with Gasteiger partial charge in [-0.05, 0) is 40.2 Å². The quantitative estimate of drug-likeness (QED) is 0.781. The highest BCUT2D eigenvalue weighted by molar-refractivity contribution is 6.20. The van der Waals surface area contributed by atoms with E-state index >= 15 is 0 Å². The van der Waals surface area contributed by atoms with Crippen molar-refractivity contribution < 1.29 is 0 Å². The van der Waals surface area contributed by atoms with E-state index in [1.54, 1.807) is 0 Å². The molecular formula is C15H23ClN4. The highest BCUT2D eigenvalue weighted by Gasteiger charge is 2.18. The monoisotopic (exact) mass is 294 g/mol. The Morgan fingerprint density at radius 1 is 1.25 bits per heavy atom. The molecule has 0 aromatic carbocycles. The summed E-state index contributed by atoms with van der Waals surface area (Å²) in [7, 11) is 0. The molecule has 2 rings (SSSR count). The molecule has 0 aliphatic heterocycles. The molecule has 0 saturated carbocycles. The van der Waals surface area contributed by atoms with E-state index in [9.17, 15) is 0 Å². The van der Waals surface area contributed by atoms with Crippen molar-refractivity contribution in [3.05, 3.63) is 34.9 Å². The third-order valence-electron chi connectivity index (χ3n) is 3.61. The fourth-order valence-electron chi connectivity index (χ4n) is 2.42. The molecule has 2 aromatic rings. The summed E-state index contributed by atoms with van der Waals surface area (Å²) in [5.41, 5.74) is 4.35. The average Bonchev–Trinajstić information content (AvgIpc) is 2.96. The van der Waals surface area contributed by atoms with Gasteiger partial charge < -0.3 is 0 Å². The van der Waals surface area contributed by atoms with Gasteiger partial charge in [-0.1, -0.05) is 6.92 Å². The zero-order chi connectivity index (χ0) is 14.9. The zero-order valence-electron chi connectivity index (χ0n) is 12.9. The summed E-state index contributed by atoms with van der Waals surface area (Å²) in [5.74, 6) is 0. The minimum Gasteiger partial charge on any atom is -0.270 e. The molecule has 0 spiro atoms. The van der Waals surface area contributed by atoms with Crippen LogP contribution in [0.3, 0.4) is 0 Å². The Hall–Kier alpha value is -1.29. The summed E-state index contributed by atoms with van der Waals surface area (Å²) in [6, 6.07) is 2.43. The maximum atomic E-state index is 6.39. The first-order valence-electron chi connectivity index (χ1n) is 7.16. The van der Waals surface area contributed by atoms with Crippen LogP contribution in [0.1, 0.15) is 61.3 Å². The van der Waals surface area contributed by atoms with Crippen LogP contribution in [-0.4, -0.2) is 19.6 Å². The highest BCUT2D eigenvalue weighted by atomic mass is 35.5. The summed E-state index contributed by atoms with van der Waals surface area (Å²) in [5, 5.41) is 9.22. The molecule has 0 N–H and O–H groups in total. The smallest absolute Gasteiger partial charge is 0.0853 e. The van der Waals surface area contributed by atoms with Crippen molar-refractivity contribution in [1.82, 2.24) is 19.6 Å². The van der Waals surface area contributed by atoms with E-state index in [0.29, 0.717) is 12.6 Å². The maximum absolute atomic E-state index is 6.39. The van der Waals surface area contributed by atoms with Crippen molar-refractivity contribution >= 4 is 11.6 Å². The molecule has 110 valence electrons. The van der Waals surface area contributed by atoms with Crippen LogP contribution < -0.4 is 0 Å². The van der Waals surface area contributed by atoms with Crippen LogP contribution in [0.4, 0.5) is 0 Å². The van der Waals surface area contributed by atoms with Crippen LogP contribution in [0.15, 0.2) is 12.3 Å². The Kier molecular flexibility index (Phi) is 4.53. The molecule has 0 aliphatic rings. The van der Waals surface area contributed by atoms with E-state index in [4.69, 9.17) is 11.6 Å². The lowest BCUT2D eigenvalue weighted by atomic mass is 10.1.